The number of esters is 2. The summed E-state index contributed by atoms with van der Waals surface area (Å²) in [6.07, 6.45) is 7.23. The van der Waals surface area contributed by atoms with E-state index in [-0.39, 0.29) is 135 Å². The van der Waals surface area contributed by atoms with Crippen molar-refractivity contribution in [1.82, 2.24) is 15.1 Å². The minimum Gasteiger partial charge on any atom is -0.508 e. The number of phenols is 4. The van der Waals surface area contributed by atoms with Crippen molar-refractivity contribution in [3.05, 3.63) is 263 Å². The largest absolute Gasteiger partial charge is 0.508 e. The number of aldehydes is 1. The number of aromatic carboxylic acids is 1. The molecule has 3 aliphatic rings. The SMILES string of the molecule is Cc1ccc2c(C(=O)OC[C@@H]3CCCN3Cc3c(C)ccc4ccccc34)cccc2c1.O=C(O)c1ccc2cc(O)ccc2c1.O=C(OC[C@@H]1CCCN1Cc1c(O)ccc2ccccc12)c1cccc2cc(O)ccc12.O=Cc1c(O)ccc2ccccc12.OC[C@H]1CCCN1.[Ac].[Ac]. The summed E-state index contributed by atoms with van der Waals surface area (Å²) in [5.41, 5.74) is 6.56. The molecule has 15 rings (SSSR count). The predicted octanol–water partition coefficient (Wildman–Crippen LogP) is 16.0. The number of fused-ring (bicyclic) bond motifs is 6. The summed E-state index contributed by atoms with van der Waals surface area (Å²) in [6, 6.07) is 68.3. The number of nitrogens with zero attached hydrogens (tertiary/aromatic N) is 2. The fourth-order valence-corrected chi connectivity index (χ4v) is 13.4. The number of nitrogens with one attached hydrogen (secondary N) is 1. The molecule has 7 N–H and O–H groups in total. The van der Waals surface area contributed by atoms with E-state index in [1.807, 2.05) is 91.0 Å². The Labute approximate surface area is 653 Å². The van der Waals surface area contributed by atoms with Gasteiger partial charge in [-0.3, -0.25) is 14.6 Å². The molecule has 3 saturated heterocycles. The molecule has 12 aromatic carbocycles. The number of rotatable bonds is 13. The van der Waals surface area contributed by atoms with Gasteiger partial charge in [0, 0.05) is 125 Å². The summed E-state index contributed by atoms with van der Waals surface area (Å²) in [5.74, 6) is -0.852. The van der Waals surface area contributed by atoms with E-state index in [9.17, 15) is 39.6 Å². The second-order valence-corrected chi connectivity index (χ2v) is 25.2. The number of hydrogen-bond acceptors (Lipinski definition) is 14. The maximum atomic E-state index is 13.0. The second kappa shape index (κ2) is 36.7. The number of ether oxygens (including phenoxy) is 2. The molecule has 100 heavy (non-hydrogen) atoms. The Kier molecular flexibility index (Phi) is 28.0. The van der Waals surface area contributed by atoms with Gasteiger partial charge < -0.3 is 45.4 Å². The van der Waals surface area contributed by atoms with Gasteiger partial charge >= 0.3 is 17.9 Å². The Balaban J connectivity index is 0.000000159. The standard InChI is InChI=1S/C29H29NO2.C27H25NO4.C11H8O3.C11H8O2.C5H11NO.2Ac/c1-20-12-15-26-23(17-20)8-5-11-27(26)29(31)32-19-24-9-6-16-30(24)18-28-21(2)13-14-22-7-3-4-10-25(22)28;29-21-11-12-23-19(15-21)6-3-9-24(23)27(31)32-17-20-7-4-14-28(20)16-25-22-8-2-1-5-18(22)10-13-26(25)30;12-10-4-3-7-5-9(11(13)14)2-1-8(7)6-10;12-7-10-9-4-2-1-3-8(9)5-6-11(10)13;7-4-5-2-1-3-6-5;;/h3-5,7-8,10-15,17,24H,6,9,16,18-19H2,1-2H3;1-3,5-6,8-13,15,20,29-30H,4,7,14,16-17H2;1-6,12H,(H,13,14);1-7,13H;5-7H,1-4H2;;/t24-;20-;;;5-;;/m00..1../s1. The molecule has 0 aliphatic carbocycles. The van der Waals surface area contributed by atoms with Gasteiger partial charge in [-0.05, 0) is 214 Å². The van der Waals surface area contributed by atoms with Gasteiger partial charge in [0.1, 0.15) is 36.2 Å². The molecule has 3 heterocycles. The molecule has 3 fully saturated rings. The minimum absolute atomic E-state index is 0. The van der Waals surface area contributed by atoms with Crippen LogP contribution >= 0.6 is 0 Å². The molecule has 0 unspecified atom stereocenters. The smallest absolute Gasteiger partial charge is 0.338 e. The van der Waals surface area contributed by atoms with Crippen molar-refractivity contribution in [3.8, 4) is 23.0 Å². The van der Waals surface area contributed by atoms with Crippen LogP contribution in [0.4, 0.5) is 0 Å². The maximum Gasteiger partial charge on any atom is 0.338 e. The summed E-state index contributed by atoms with van der Waals surface area (Å²) in [4.78, 5) is 51.9. The van der Waals surface area contributed by atoms with Crippen molar-refractivity contribution >= 4 is 88.8 Å². The molecular weight excluding hydrogens is 1680 g/mol. The number of aryl methyl sites for hydroxylation is 2. The Bertz CT molecular complexity index is 4650. The van der Waals surface area contributed by atoms with Crippen LogP contribution in [0.15, 0.2) is 218 Å². The van der Waals surface area contributed by atoms with Crippen LogP contribution in [0, 0.1) is 102 Å². The first-order valence-corrected chi connectivity index (χ1v) is 33.3. The molecule has 12 aromatic rings. The van der Waals surface area contributed by atoms with E-state index in [4.69, 9.17) is 19.7 Å². The van der Waals surface area contributed by atoms with Gasteiger partial charge in [-0.2, -0.15) is 0 Å². The Hall–Kier alpha value is -7.80. The summed E-state index contributed by atoms with van der Waals surface area (Å²) in [6.45, 7) is 9.84. The monoisotopic (exact) mass is 1770 g/mol. The first-order valence-electron chi connectivity index (χ1n) is 33.3. The normalized spacial score (nSPS) is 15.6. The van der Waals surface area contributed by atoms with Gasteiger partial charge in [0.05, 0.1) is 28.9 Å². The van der Waals surface area contributed by atoms with Crippen LogP contribution in [0.5, 0.6) is 23.0 Å². The van der Waals surface area contributed by atoms with Crippen LogP contribution in [0.3, 0.4) is 0 Å². The zero-order valence-electron chi connectivity index (χ0n) is 56.2. The zero-order chi connectivity index (χ0) is 68.7. The number of benzene rings is 12. The average molecular weight is 1770 g/mol. The van der Waals surface area contributed by atoms with Gasteiger partial charge in [0.2, 0.25) is 0 Å². The maximum absolute atomic E-state index is 13.0. The Morgan fingerprint density at radius 1 is 0.480 bits per heavy atom. The van der Waals surface area contributed by atoms with Gasteiger partial charge in [-0.25, -0.2) is 14.4 Å². The number of phenolic OH excluding ortho intramolecular Hbond substituents is 4. The molecule has 0 spiro atoms. The van der Waals surface area contributed by atoms with E-state index in [0.29, 0.717) is 61.1 Å². The topological polar surface area (TPSA) is 227 Å². The van der Waals surface area contributed by atoms with Gasteiger partial charge in [-0.1, -0.05) is 157 Å². The average Bonchev–Trinajstić information content (AvgIpc) is 0.951. The number of likely N-dealkylation sites (tertiary alicyclic amines) is 2. The molecule has 0 bridgehead atoms. The molecule has 15 nitrogen and oxygen atoms in total. The summed E-state index contributed by atoms with van der Waals surface area (Å²) < 4.78 is 11.6. The van der Waals surface area contributed by atoms with Crippen LogP contribution < -0.4 is 5.32 Å². The number of carbonyl (C=O) groups excluding carboxylic acids is 3. The molecule has 2 radical (unpaired) electrons. The van der Waals surface area contributed by atoms with Crippen LogP contribution in [0.1, 0.15) is 102 Å². The number of aliphatic hydroxyl groups excluding tert-OH is 1. The van der Waals surface area contributed by atoms with E-state index in [0.717, 1.165) is 118 Å². The molecular formula is C83H81Ac2N3O12. The second-order valence-electron chi connectivity index (χ2n) is 25.2. The van der Waals surface area contributed by atoms with Crippen molar-refractivity contribution in [2.45, 2.75) is 83.6 Å². The molecule has 3 aliphatic heterocycles. The molecule has 17 heteroatoms. The number of hydrogen-bond donors (Lipinski definition) is 7. The fraction of sp³-hybridized carbons (Fsp3) is 0.229. The van der Waals surface area contributed by atoms with E-state index in [1.165, 1.54) is 52.1 Å². The summed E-state index contributed by atoms with van der Waals surface area (Å²) in [5, 5.41) is 70.9. The summed E-state index contributed by atoms with van der Waals surface area (Å²) in [7, 11) is 0. The van der Waals surface area contributed by atoms with Crippen molar-refractivity contribution in [2.75, 3.05) is 39.5 Å². The first-order chi connectivity index (χ1) is 47.6. The van der Waals surface area contributed by atoms with Crippen molar-refractivity contribution in [2.24, 2.45) is 0 Å². The van der Waals surface area contributed by atoms with Gasteiger partial charge in [0.25, 0.3) is 0 Å². The predicted molar refractivity (Wildman–Crippen MR) is 388 cm³/mol. The number of carboxylic acid groups (broad SMARTS) is 1. The molecule has 0 aromatic heterocycles. The quantitative estimate of drug-likeness (QED) is 0.0421. The molecule has 3 atom stereocenters. The van der Waals surface area contributed by atoms with E-state index in [2.05, 4.69) is 71.4 Å². The van der Waals surface area contributed by atoms with Crippen LogP contribution in [0.2, 0.25) is 0 Å². The Morgan fingerprint density at radius 2 is 0.960 bits per heavy atom. The van der Waals surface area contributed by atoms with Crippen LogP contribution in [0.25, 0.3) is 64.6 Å². The summed E-state index contributed by atoms with van der Waals surface area (Å²) >= 11 is 0. The number of aliphatic hydroxyl groups is 1. The third-order valence-corrected chi connectivity index (χ3v) is 18.7. The molecule has 0 amide bonds. The van der Waals surface area contributed by atoms with Gasteiger partial charge in [0.15, 0.2) is 6.29 Å². The van der Waals surface area contributed by atoms with Crippen molar-refractivity contribution in [1.29, 1.82) is 0 Å². The Morgan fingerprint density at radius 3 is 1.53 bits per heavy atom. The third-order valence-electron chi connectivity index (χ3n) is 18.7. The minimum atomic E-state index is -0.944. The zero-order valence-corrected chi connectivity index (χ0v) is 65.7. The van der Waals surface area contributed by atoms with E-state index >= 15 is 0 Å². The molecule has 0 saturated carbocycles. The number of aromatic hydroxyl groups is 4. The number of carboxylic acids is 1. The van der Waals surface area contributed by atoms with Crippen LogP contribution in [-0.4, -0.2) is 122 Å². The van der Waals surface area contributed by atoms with E-state index in [1.54, 1.807) is 66.7 Å². The van der Waals surface area contributed by atoms with E-state index < -0.39 is 5.97 Å². The number of carbonyl (C=O) groups is 4. The van der Waals surface area contributed by atoms with Crippen LogP contribution in [-0.2, 0) is 22.6 Å². The van der Waals surface area contributed by atoms with Crippen molar-refractivity contribution < 1.29 is 147 Å². The van der Waals surface area contributed by atoms with Gasteiger partial charge in [-0.15, -0.1) is 0 Å². The molecule has 506 valence electrons. The third kappa shape index (κ3) is 19.2. The van der Waals surface area contributed by atoms with Crippen molar-refractivity contribution in [3.63, 3.8) is 0 Å². The fourth-order valence-electron chi connectivity index (χ4n) is 13.4. The first kappa shape index (κ1) is 76.4.